The lowest BCUT2D eigenvalue weighted by Crippen LogP contribution is -2.28. The second kappa shape index (κ2) is 4.25. The Kier molecular flexibility index (Phi) is 3.28. The first-order chi connectivity index (χ1) is 6.11. The van der Waals surface area contributed by atoms with Crippen LogP contribution >= 0.6 is 0 Å². The average molecular weight is 185 g/mol. The van der Waals surface area contributed by atoms with Crippen LogP contribution < -0.4 is 0 Å². The Hall–Kier alpha value is -1.06. The first kappa shape index (κ1) is 10.0. The highest BCUT2D eigenvalue weighted by Crippen LogP contribution is 2.12. The van der Waals surface area contributed by atoms with Gasteiger partial charge in [-0.3, -0.25) is 9.59 Å². The van der Waals surface area contributed by atoms with E-state index in [4.69, 9.17) is 5.11 Å². The first-order valence-corrected chi connectivity index (χ1v) is 4.62. The normalized spacial score (nSPS) is 19.2. The van der Waals surface area contributed by atoms with Crippen LogP contribution in [-0.2, 0) is 9.59 Å². The van der Waals surface area contributed by atoms with Crippen LogP contribution in [0.5, 0.6) is 0 Å². The number of likely N-dealkylation sites (tertiary alicyclic amines) is 1. The molecule has 13 heavy (non-hydrogen) atoms. The van der Waals surface area contributed by atoms with E-state index in [9.17, 15) is 9.59 Å². The maximum absolute atomic E-state index is 11.1. The van der Waals surface area contributed by atoms with Gasteiger partial charge in [0, 0.05) is 19.5 Å². The van der Waals surface area contributed by atoms with Gasteiger partial charge >= 0.3 is 5.97 Å². The van der Waals surface area contributed by atoms with E-state index < -0.39 is 5.97 Å². The van der Waals surface area contributed by atoms with Crippen LogP contribution in [0.3, 0.4) is 0 Å². The third-order valence-corrected chi connectivity index (χ3v) is 2.42. The Morgan fingerprint density at radius 3 is 2.85 bits per heavy atom. The van der Waals surface area contributed by atoms with Crippen molar-refractivity contribution in [2.75, 3.05) is 13.1 Å². The fraction of sp³-hybridized carbons (Fsp3) is 0.778. The molecule has 1 heterocycles. The maximum atomic E-state index is 11.1. The summed E-state index contributed by atoms with van der Waals surface area (Å²) < 4.78 is 0. The smallest absolute Gasteiger partial charge is 0.306 e. The van der Waals surface area contributed by atoms with Crippen LogP contribution in [0.4, 0.5) is 0 Å². The number of carboxylic acid groups (broad SMARTS) is 1. The van der Waals surface area contributed by atoms with E-state index in [1.165, 1.54) is 0 Å². The SMILES string of the molecule is CC(CCN1CCCC1=O)C(=O)O. The summed E-state index contributed by atoms with van der Waals surface area (Å²) in [6, 6.07) is 0. The molecule has 1 rings (SSSR count). The van der Waals surface area contributed by atoms with Gasteiger partial charge in [0.25, 0.3) is 0 Å². The summed E-state index contributed by atoms with van der Waals surface area (Å²) in [5, 5.41) is 8.62. The lowest BCUT2D eigenvalue weighted by Gasteiger charge is -2.16. The van der Waals surface area contributed by atoms with Crippen molar-refractivity contribution in [1.29, 1.82) is 0 Å². The lowest BCUT2D eigenvalue weighted by molar-refractivity contribution is -0.142. The predicted molar refractivity (Wildman–Crippen MR) is 47.2 cm³/mol. The summed E-state index contributed by atoms with van der Waals surface area (Å²) in [5.41, 5.74) is 0. The number of hydrogen-bond acceptors (Lipinski definition) is 2. The van der Waals surface area contributed by atoms with Crippen molar-refractivity contribution in [1.82, 2.24) is 4.90 Å². The molecule has 1 fully saturated rings. The molecule has 1 aliphatic heterocycles. The first-order valence-electron chi connectivity index (χ1n) is 4.62. The number of hydrogen-bond donors (Lipinski definition) is 1. The van der Waals surface area contributed by atoms with Crippen molar-refractivity contribution in [2.45, 2.75) is 26.2 Å². The van der Waals surface area contributed by atoms with E-state index in [-0.39, 0.29) is 11.8 Å². The lowest BCUT2D eigenvalue weighted by atomic mass is 10.1. The zero-order valence-corrected chi connectivity index (χ0v) is 7.82. The molecule has 1 amide bonds. The number of carbonyl (C=O) groups excluding carboxylic acids is 1. The van der Waals surface area contributed by atoms with Gasteiger partial charge < -0.3 is 10.0 Å². The minimum absolute atomic E-state index is 0.164. The van der Waals surface area contributed by atoms with Crippen molar-refractivity contribution in [2.24, 2.45) is 5.92 Å². The fourth-order valence-corrected chi connectivity index (χ4v) is 1.41. The number of aliphatic carboxylic acids is 1. The molecule has 4 heteroatoms. The maximum Gasteiger partial charge on any atom is 0.306 e. The Morgan fingerprint density at radius 2 is 2.38 bits per heavy atom. The van der Waals surface area contributed by atoms with Crippen LogP contribution in [-0.4, -0.2) is 35.0 Å². The minimum Gasteiger partial charge on any atom is -0.481 e. The number of rotatable bonds is 4. The minimum atomic E-state index is -0.786. The molecule has 0 saturated carbocycles. The monoisotopic (exact) mass is 185 g/mol. The van der Waals surface area contributed by atoms with Crippen molar-refractivity contribution in [3.8, 4) is 0 Å². The van der Waals surface area contributed by atoms with E-state index in [1.807, 2.05) is 0 Å². The van der Waals surface area contributed by atoms with Gasteiger partial charge in [0.2, 0.25) is 5.91 Å². The van der Waals surface area contributed by atoms with Crippen LogP contribution in [0.1, 0.15) is 26.2 Å². The topological polar surface area (TPSA) is 57.6 Å². The molecule has 4 nitrogen and oxygen atoms in total. The molecule has 74 valence electrons. The molecular weight excluding hydrogens is 170 g/mol. The second-order valence-corrected chi connectivity index (χ2v) is 3.51. The standard InChI is InChI=1S/C9H15NO3/c1-7(9(12)13)4-6-10-5-2-3-8(10)11/h7H,2-6H2,1H3,(H,12,13). The molecule has 0 spiro atoms. The molecule has 0 aromatic heterocycles. The van der Waals surface area contributed by atoms with Gasteiger partial charge in [0.1, 0.15) is 0 Å². The third-order valence-electron chi connectivity index (χ3n) is 2.42. The molecule has 0 bridgehead atoms. The van der Waals surface area contributed by atoms with Crippen molar-refractivity contribution in [3.05, 3.63) is 0 Å². The molecule has 0 aromatic carbocycles. The molecule has 1 unspecified atom stereocenters. The summed E-state index contributed by atoms with van der Waals surface area (Å²) in [6.07, 6.45) is 2.10. The molecule has 0 aromatic rings. The summed E-state index contributed by atoms with van der Waals surface area (Å²) >= 11 is 0. The summed E-state index contributed by atoms with van der Waals surface area (Å²) in [7, 11) is 0. The van der Waals surface area contributed by atoms with Gasteiger partial charge in [-0.15, -0.1) is 0 Å². The van der Waals surface area contributed by atoms with Crippen LogP contribution in [0, 0.1) is 5.92 Å². The quantitative estimate of drug-likeness (QED) is 0.702. The molecule has 1 N–H and O–H groups in total. The number of nitrogens with zero attached hydrogens (tertiary/aromatic N) is 1. The third kappa shape index (κ3) is 2.72. The zero-order valence-electron chi connectivity index (χ0n) is 7.82. The molecule has 1 saturated heterocycles. The summed E-state index contributed by atoms with van der Waals surface area (Å²) in [6.45, 7) is 3.06. The Morgan fingerprint density at radius 1 is 1.69 bits per heavy atom. The van der Waals surface area contributed by atoms with E-state index >= 15 is 0 Å². The Bertz CT molecular complexity index is 215. The van der Waals surface area contributed by atoms with Crippen LogP contribution in [0.25, 0.3) is 0 Å². The highest BCUT2D eigenvalue weighted by molar-refractivity contribution is 5.78. The van der Waals surface area contributed by atoms with Gasteiger partial charge in [-0.05, 0) is 12.8 Å². The highest BCUT2D eigenvalue weighted by Gasteiger charge is 2.21. The molecular formula is C9H15NO3. The molecule has 0 radical (unpaired) electrons. The molecule has 1 atom stereocenters. The summed E-state index contributed by atoms with van der Waals surface area (Å²) in [4.78, 5) is 23.4. The highest BCUT2D eigenvalue weighted by atomic mass is 16.4. The van der Waals surface area contributed by atoms with Crippen molar-refractivity contribution >= 4 is 11.9 Å². The second-order valence-electron chi connectivity index (χ2n) is 3.51. The van der Waals surface area contributed by atoms with Crippen LogP contribution in [0.15, 0.2) is 0 Å². The fourth-order valence-electron chi connectivity index (χ4n) is 1.41. The zero-order chi connectivity index (χ0) is 9.84. The van der Waals surface area contributed by atoms with Gasteiger partial charge in [0.15, 0.2) is 0 Å². The Balaban J connectivity index is 2.25. The predicted octanol–water partition coefficient (Wildman–Crippen LogP) is 0.720. The molecule has 0 aliphatic carbocycles. The van der Waals surface area contributed by atoms with Crippen LogP contribution in [0.2, 0.25) is 0 Å². The Labute approximate surface area is 77.5 Å². The van der Waals surface area contributed by atoms with E-state index in [0.29, 0.717) is 19.4 Å². The van der Waals surface area contributed by atoms with E-state index in [0.717, 1.165) is 13.0 Å². The van der Waals surface area contributed by atoms with Gasteiger partial charge in [-0.2, -0.15) is 0 Å². The average Bonchev–Trinajstić information content (AvgIpc) is 2.47. The van der Waals surface area contributed by atoms with Gasteiger partial charge in [0.05, 0.1) is 5.92 Å². The summed E-state index contributed by atoms with van der Waals surface area (Å²) in [5.74, 6) is -0.974. The number of carboxylic acids is 1. The van der Waals surface area contributed by atoms with Gasteiger partial charge in [-0.1, -0.05) is 6.92 Å². The number of carbonyl (C=O) groups is 2. The van der Waals surface area contributed by atoms with Crippen molar-refractivity contribution in [3.63, 3.8) is 0 Å². The van der Waals surface area contributed by atoms with E-state index in [1.54, 1.807) is 11.8 Å². The molecule has 1 aliphatic rings. The number of amides is 1. The van der Waals surface area contributed by atoms with E-state index in [2.05, 4.69) is 0 Å². The van der Waals surface area contributed by atoms with Gasteiger partial charge in [-0.25, -0.2) is 0 Å². The van der Waals surface area contributed by atoms with Crippen molar-refractivity contribution < 1.29 is 14.7 Å². The largest absolute Gasteiger partial charge is 0.481 e.